The van der Waals surface area contributed by atoms with Crippen molar-refractivity contribution in [3.05, 3.63) is 22.8 Å². The van der Waals surface area contributed by atoms with Gasteiger partial charge in [0, 0.05) is 18.8 Å². The zero-order valence-corrected chi connectivity index (χ0v) is 14.0. The number of hydrogen-bond donors (Lipinski definition) is 1. The minimum absolute atomic E-state index is 0.382. The largest absolute Gasteiger partial charge is 0.398 e. The fourth-order valence-corrected chi connectivity index (χ4v) is 4.36. The first kappa shape index (κ1) is 17.0. The van der Waals surface area contributed by atoms with Gasteiger partial charge in [0.15, 0.2) is 0 Å². The molecule has 0 heterocycles. The Balaban J connectivity index is 3.41. The van der Waals surface area contributed by atoms with Crippen LogP contribution in [-0.2, 0) is 10.0 Å². The third-order valence-corrected chi connectivity index (χ3v) is 6.04. The Morgan fingerprint density at radius 2 is 1.75 bits per heavy atom. The van der Waals surface area contributed by atoms with Crippen LogP contribution in [-0.4, -0.2) is 25.8 Å². The maximum Gasteiger partial charge on any atom is 0.243 e. The summed E-state index contributed by atoms with van der Waals surface area (Å²) in [4.78, 5) is 0.382. The van der Waals surface area contributed by atoms with Crippen LogP contribution in [0.1, 0.15) is 43.4 Å². The highest BCUT2D eigenvalue weighted by atomic mass is 32.2. The van der Waals surface area contributed by atoms with Crippen LogP contribution >= 0.6 is 0 Å². The molecule has 0 radical (unpaired) electrons. The van der Waals surface area contributed by atoms with Gasteiger partial charge in [-0.2, -0.15) is 4.31 Å². The number of benzene rings is 1. The molecule has 1 rings (SSSR count). The third kappa shape index (κ3) is 3.15. The lowest BCUT2D eigenvalue weighted by molar-refractivity contribution is 0.418. The van der Waals surface area contributed by atoms with Crippen molar-refractivity contribution in [2.24, 2.45) is 0 Å². The van der Waals surface area contributed by atoms with Crippen LogP contribution in [0.25, 0.3) is 0 Å². The van der Waals surface area contributed by atoms with Crippen molar-refractivity contribution in [1.82, 2.24) is 4.31 Å². The Morgan fingerprint density at radius 3 is 2.25 bits per heavy atom. The zero-order chi connectivity index (χ0) is 15.5. The number of rotatable bonds is 6. The molecule has 114 valence electrons. The van der Waals surface area contributed by atoms with Crippen molar-refractivity contribution in [3.63, 3.8) is 0 Å². The van der Waals surface area contributed by atoms with Gasteiger partial charge in [-0.05, 0) is 49.9 Å². The van der Waals surface area contributed by atoms with E-state index in [0.29, 0.717) is 29.2 Å². The normalized spacial score (nSPS) is 12.1. The SMILES string of the molecule is CCCCN(CC)S(=O)(=O)c1c(C)c(C)cc(N)c1C. The number of hydrogen-bond acceptors (Lipinski definition) is 3. The average Bonchev–Trinajstić information content (AvgIpc) is 2.37. The van der Waals surface area contributed by atoms with Crippen LogP contribution in [0.5, 0.6) is 0 Å². The van der Waals surface area contributed by atoms with Gasteiger partial charge < -0.3 is 5.73 Å². The van der Waals surface area contributed by atoms with Crippen LogP contribution in [0.3, 0.4) is 0 Å². The monoisotopic (exact) mass is 298 g/mol. The van der Waals surface area contributed by atoms with Crippen LogP contribution in [0, 0.1) is 20.8 Å². The van der Waals surface area contributed by atoms with Gasteiger partial charge in [-0.15, -0.1) is 0 Å². The van der Waals surface area contributed by atoms with Crippen LogP contribution in [0.2, 0.25) is 0 Å². The Kier molecular flexibility index (Phi) is 5.59. The fourth-order valence-electron chi connectivity index (χ4n) is 2.34. The second-order valence-electron chi connectivity index (χ2n) is 5.21. The van der Waals surface area contributed by atoms with Crippen LogP contribution in [0.15, 0.2) is 11.0 Å². The molecule has 0 aromatic heterocycles. The summed E-state index contributed by atoms with van der Waals surface area (Å²) >= 11 is 0. The Hall–Kier alpha value is -1.07. The van der Waals surface area contributed by atoms with Gasteiger partial charge in [-0.3, -0.25) is 0 Å². The second kappa shape index (κ2) is 6.59. The van der Waals surface area contributed by atoms with Gasteiger partial charge in [0.25, 0.3) is 0 Å². The number of anilines is 1. The van der Waals surface area contributed by atoms with E-state index in [2.05, 4.69) is 6.92 Å². The molecule has 0 aliphatic rings. The number of nitrogen functional groups attached to an aromatic ring is 1. The molecule has 0 atom stereocenters. The van der Waals surface area contributed by atoms with Crippen molar-refractivity contribution in [1.29, 1.82) is 0 Å². The van der Waals surface area contributed by atoms with Gasteiger partial charge in [0.05, 0.1) is 4.90 Å². The molecular weight excluding hydrogens is 272 g/mol. The Morgan fingerprint density at radius 1 is 1.15 bits per heavy atom. The van der Waals surface area contributed by atoms with E-state index >= 15 is 0 Å². The third-order valence-electron chi connectivity index (χ3n) is 3.79. The molecular formula is C15H26N2O2S. The number of unbranched alkanes of at least 4 members (excludes halogenated alkanes) is 1. The Labute approximate surface area is 123 Å². The maximum atomic E-state index is 12.9. The number of aryl methyl sites for hydroxylation is 1. The summed E-state index contributed by atoms with van der Waals surface area (Å²) < 4.78 is 27.3. The molecule has 4 nitrogen and oxygen atoms in total. The molecule has 0 bridgehead atoms. The van der Waals surface area contributed by atoms with Crippen molar-refractivity contribution in [2.75, 3.05) is 18.8 Å². The zero-order valence-electron chi connectivity index (χ0n) is 13.2. The summed E-state index contributed by atoms with van der Waals surface area (Å²) in [6, 6.07) is 1.84. The summed E-state index contributed by atoms with van der Waals surface area (Å²) in [5, 5.41) is 0. The molecule has 0 aliphatic carbocycles. The smallest absolute Gasteiger partial charge is 0.243 e. The molecule has 0 spiro atoms. The van der Waals surface area contributed by atoms with Gasteiger partial charge in [0.1, 0.15) is 0 Å². The molecule has 2 N–H and O–H groups in total. The lowest BCUT2D eigenvalue weighted by atomic mass is 10.1. The van der Waals surface area contributed by atoms with E-state index in [9.17, 15) is 8.42 Å². The van der Waals surface area contributed by atoms with E-state index in [1.54, 1.807) is 11.2 Å². The molecule has 0 saturated heterocycles. The predicted octanol–water partition coefficient (Wildman–Crippen LogP) is 3.00. The summed E-state index contributed by atoms with van der Waals surface area (Å²) in [5.41, 5.74) is 8.85. The topological polar surface area (TPSA) is 63.4 Å². The predicted molar refractivity (Wildman–Crippen MR) is 84.4 cm³/mol. The number of sulfonamides is 1. The molecule has 0 aliphatic heterocycles. The van der Waals surface area contributed by atoms with Crippen LogP contribution < -0.4 is 5.73 Å². The van der Waals surface area contributed by atoms with Gasteiger partial charge in [-0.1, -0.05) is 20.3 Å². The molecule has 20 heavy (non-hydrogen) atoms. The second-order valence-corrected chi connectivity index (χ2v) is 7.09. The summed E-state index contributed by atoms with van der Waals surface area (Å²) in [5.74, 6) is 0. The fraction of sp³-hybridized carbons (Fsp3) is 0.600. The van der Waals surface area contributed by atoms with E-state index in [1.165, 1.54) is 0 Å². The minimum atomic E-state index is -3.48. The molecule has 0 fully saturated rings. The molecule has 0 saturated carbocycles. The minimum Gasteiger partial charge on any atom is -0.398 e. The highest BCUT2D eigenvalue weighted by Crippen LogP contribution is 2.30. The Bertz CT molecular complexity index is 554. The van der Waals surface area contributed by atoms with Gasteiger partial charge in [-0.25, -0.2) is 8.42 Å². The number of nitrogens with two attached hydrogens (primary N) is 1. The average molecular weight is 298 g/mol. The lowest BCUT2D eigenvalue weighted by Gasteiger charge is -2.24. The van der Waals surface area contributed by atoms with E-state index in [1.807, 2.05) is 26.8 Å². The molecule has 1 aromatic carbocycles. The molecule has 1 aromatic rings. The van der Waals surface area contributed by atoms with Crippen molar-refractivity contribution >= 4 is 15.7 Å². The van der Waals surface area contributed by atoms with E-state index in [0.717, 1.165) is 24.0 Å². The summed E-state index contributed by atoms with van der Waals surface area (Å²) in [6.45, 7) is 10.5. The van der Waals surface area contributed by atoms with Gasteiger partial charge >= 0.3 is 0 Å². The highest BCUT2D eigenvalue weighted by molar-refractivity contribution is 7.89. The molecule has 0 unspecified atom stereocenters. The molecule has 0 amide bonds. The van der Waals surface area contributed by atoms with Gasteiger partial charge in [0.2, 0.25) is 10.0 Å². The highest BCUT2D eigenvalue weighted by Gasteiger charge is 2.27. The maximum absolute atomic E-state index is 12.9. The van der Waals surface area contributed by atoms with Crippen molar-refractivity contribution in [3.8, 4) is 0 Å². The summed E-state index contributed by atoms with van der Waals surface area (Å²) in [6.07, 6.45) is 1.84. The molecule has 5 heteroatoms. The standard InChI is InChI=1S/C15H26N2O2S/c1-6-8-9-17(7-2)20(18,19)15-12(4)11(3)10-14(16)13(15)5/h10H,6-9,16H2,1-5H3. The van der Waals surface area contributed by atoms with Crippen LogP contribution in [0.4, 0.5) is 5.69 Å². The quantitative estimate of drug-likeness (QED) is 0.821. The lowest BCUT2D eigenvalue weighted by Crippen LogP contribution is -2.33. The number of nitrogens with zero attached hydrogens (tertiary/aromatic N) is 1. The van der Waals surface area contributed by atoms with E-state index < -0.39 is 10.0 Å². The first-order valence-electron chi connectivity index (χ1n) is 7.13. The van der Waals surface area contributed by atoms with E-state index in [-0.39, 0.29) is 0 Å². The van der Waals surface area contributed by atoms with Crippen molar-refractivity contribution < 1.29 is 8.42 Å². The first-order chi connectivity index (χ1) is 9.27. The first-order valence-corrected chi connectivity index (χ1v) is 8.57. The summed E-state index contributed by atoms with van der Waals surface area (Å²) in [7, 11) is -3.48. The van der Waals surface area contributed by atoms with E-state index in [4.69, 9.17) is 5.73 Å². The van der Waals surface area contributed by atoms with Crippen molar-refractivity contribution in [2.45, 2.75) is 52.4 Å².